The minimum atomic E-state index is -3.52. The third kappa shape index (κ3) is 3.19. The first kappa shape index (κ1) is 17.0. The summed E-state index contributed by atoms with van der Waals surface area (Å²) in [5.74, 6) is 0. The summed E-state index contributed by atoms with van der Waals surface area (Å²) >= 11 is 0. The van der Waals surface area contributed by atoms with E-state index in [1.54, 1.807) is 17.2 Å². The van der Waals surface area contributed by atoms with Gasteiger partial charge in [0.1, 0.15) is 0 Å². The molecule has 2 heterocycles. The Labute approximate surface area is 152 Å². The number of hydrogen-bond donors (Lipinski definition) is 2. The van der Waals surface area contributed by atoms with E-state index in [-0.39, 0.29) is 19.1 Å². The van der Waals surface area contributed by atoms with E-state index in [4.69, 9.17) is 0 Å². The highest BCUT2D eigenvalue weighted by Gasteiger charge is 2.30. The van der Waals surface area contributed by atoms with Crippen LogP contribution in [-0.4, -0.2) is 60.0 Å². The number of carbonyl (C=O) groups excluding carboxylic acids is 1. The second-order valence-electron chi connectivity index (χ2n) is 6.59. The Hall–Kier alpha value is -2.39. The van der Waals surface area contributed by atoms with Crippen molar-refractivity contribution in [3.8, 4) is 0 Å². The number of sulfonamides is 1. The van der Waals surface area contributed by atoms with Gasteiger partial charge in [0.15, 0.2) is 0 Å². The van der Waals surface area contributed by atoms with Crippen LogP contribution in [0.3, 0.4) is 0 Å². The first-order chi connectivity index (χ1) is 12.5. The number of H-pyrrole nitrogens is 1. The highest BCUT2D eigenvalue weighted by atomic mass is 32.2. The second kappa shape index (κ2) is 6.73. The van der Waals surface area contributed by atoms with Gasteiger partial charge in [0, 0.05) is 32.4 Å². The Balaban J connectivity index is 1.41. The van der Waals surface area contributed by atoms with Gasteiger partial charge in [0.25, 0.3) is 0 Å². The second-order valence-corrected chi connectivity index (χ2v) is 8.53. The molecule has 2 N–H and O–H groups in total. The van der Waals surface area contributed by atoms with Crippen LogP contribution in [0.1, 0.15) is 17.5 Å². The van der Waals surface area contributed by atoms with Crippen molar-refractivity contribution in [2.45, 2.75) is 24.2 Å². The number of nitrogens with one attached hydrogen (secondary N) is 2. The molecule has 138 valence electrons. The molecule has 1 aliphatic carbocycles. The van der Waals surface area contributed by atoms with Crippen molar-refractivity contribution in [1.29, 1.82) is 0 Å². The highest BCUT2D eigenvalue weighted by molar-refractivity contribution is 7.89. The van der Waals surface area contributed by atoms with Crippen molar-refractivity contribution in [3.05, 3.63) is 41.7 Å². The molecule has 26 heavy (non-hydrogen) atoms. The van der Waals surface area contributed by atoms with Gasteiger partial charge in [-0.2, -0.15) is 9.40 Å². The van der Waals surface area contributed by atoms with Crippen LogP contribution >= 0.6 is 0 Å². The zero-order valence-corrected chi connectivity index (χ0v) is 15.1. The average Bonchev–Trinajstić information content (AvgIpc) is 3.32. The molecule has 2 aromatic rings. The number of anilines is 1. The van der Waals surface area contributed by atoms with Gasteiger partial charge >= 0.3 is 6.03 Å². The summed E-state index contributed by atoms with van der Waals surface area (Å²) in [5, 5.41) is 9.14. The number of hydrogen-bond acceptors (Lipinski definition) is 4. The number of carbonyl (C=O) groups is 1. The fourth-order valence-electron chi connectivity index (χ4n) is 3.51. The topological polar surface area (TPSA) is 98.4 Å². The van der Waals surface area contributed by atoms with E-state index >= 15 is 0 Å². The Morgan fingerprint density at radius 2 is 1.88 bits per heavy atom. The van der Waals surface area contributed by atoms with E-state index in [0.29, 0.717) is 23.7 Å². The van der Waals surface area contributed by atoms with Gasteiger partial charge in [-0.25, -0.2) is 13.2 Å². The van der Waals surface area contributed by atoms with Crippen molar-refractivity contribution in [2.24, 2.45) is 0 Å². The van der Waals surface area contributed by atoms with E-state index < -0.39 is 10.0 Å². The average molecular weight is 375 g/mol. The molecule has 2 amide bonds. The van der Waals surface area contributed by atoms with Gasteiger partial charge in [-0.3, -0.25) is 5.10 Å². The van der Waals surface area contributed by atoms with E-state index in [1.165, 1.54) is 16.1 Å². The third-order valence-electron chi connectivity index (χ3n) is 4.98. The molecule has 1 aliphatic heterocycles. The fourth-order valence-corrected chi connectivity index (χ4v) is 4.98. The lowest BCUT2D eigenvalue weighted by atomic mass is 10.1. The highest BCUT2D eigenvalue weighted by Crippen LogP contribution is 2.26. The fraction of sp³-hybridized carbons (Fsp3) is 0.412. The SMILES string of the molecule is O=C(Nc1cn[nH]c1)N1CCN(S(=O)(=O)c2ccc3c(c2)CCC3)CC1. The maximum Gasteiger partial charge on any atom is 0.322 e. The Bertz CT molecular complexity index is 902. The lowest BCUT2D eigenvalue weighted by molar-refractivity contribution is 0.184. The molecule has 0 bridgehead atoms. The normalized spacial score (nSPS) is 17.9. The molecule has 0 saturated carbocycles. The largest absolute Gasteiger partial charge is 0.322 e. The van der Waals surface area contributed by atoms with Crippen molar-refractivity contribution >= 4 is 21.7 Å². The number of aryl methyl sites for hydroxylation is 2. The molecule has 0 spiro atoms. The lowest BCUT2D eigenvalue weighted by Gasteiger charge is -2.33. The van der Waals surface area contributed by atoms with Gasteiger partial charge in [0.05, 0.1) is 16.8 Å². The molecule has 9 heteroatoms. The number of nitrogens with zero attached hydrogens (tertiary/aromatic N) is 3. The molecule has 1 fully saturated rings. The summed E-state index contributed by atoms with van der Waals surface area (Å²) in [5.41, 5.74) is 2.98. The number of amides is 2. The molecule has 1 aromatic carbocycles. The van der Waals surface area contributed by atoms with Crippen molar-refractivity contribution < 1.29 is 13.2 Å². The number of urea groups is 1. The zero-order chi connectivity index (χ0) is 18.1. The maximum absolute atomic E-state index is 12.9. The monoisotopic (exact) mass is 375 g/mol. The van der Waals surface area contributed by atoms with Crippen LogP contribution in [0, 0.1) is 0 Å². The quantitative estimate of drug-likeness (QED) is 0.848. The number of rotatable bonds is 3. The summed E-state index contributed by atoms with van der Waals surface area (Å²) in [7, 11) is -3.52. The molecular weight excluding hydrogens is 354 g/mol. The molecule has 0 unspecified atom stereocenters. The summed E-state index contributed by atoms with van der Waals surface area (Å²) in [6.07, 6.45) is 6.17. The van der Waals surface area contributed by atoms with Crippen molar-refractivity contribution in [3.63, 3.8) is 0 Å². The van der Waals surface area contributed by atoms with Gasteiger partial charge in [-0.15, -0.1) is 0 Å². The van der Waals surface area contributed by atoms with Gasteiger partial charge < -0.3 is 10.2 Å². The molecule has 1 saturated heterocycles. The Morgan fingerprint density at radius 3 is 2.62 bits per heavy atom. The Morgan fingerprint density at radius 1 is 1.12 bits per heavy atom. The minimum Gasteiger partial charge on any atom is -0.322 e. The number of aromatic nitrogens is 2. The molecule has 1 aromatic heterocycles. The molecule has 0 radical (unpaired) electrons. The summed E-state index contributed by atoms with van der Waals surface area (Å²) in [6.45, 7) is 1.29. The first-order valence-corrected chi connectivity index (χ1v) is 10.1. The summed E-state index contributed by atoms with van der Waals surface area (Å²) in [4.78, 5) is 14.2. The number of fused-ring (bicyclic) bond motifs is 1. The third-order valence-corrected chi connectivity index (χ3v) is 6.88. The van der Waals surface area contributed by atoms with Crippen molar-refractivity contribution in [2.75, 3.05) is 31.5 Å². The van der Waals surface area contributed by atoms with Crippen molar-refractivity contribution in [1.82, 2.24) is 19.4 Å². The van der Waals surface area contributed by atoms with Crippen LogP contribution in [0.2, 0.25) is 0 Å². The standard InChI is InChI=1S/C17H21N5O3S/c23-17(20-15-11-18-19-12-15)21-6-8-22(9-7-21)26(24,25)16-5-4-13-2-1-3-14(13)10-16/h4-5,10-12H,1-3,6-9H2,(H,18,19)(H,20,23). The van der Waals surface area contributed by atoms with Crippen LogP contribution in [0.25, 0.3) is 0 Å². The van der Waals surface area contributed by atoms with Gasteiger partial charge in [-0.05, 0) is 42.5 Å². The van der Waals surface area contributed by atoms with Crippen LogP contribution in [0.15, 0.2) is 35.5 Å². The number of piperazine rings is 1. The zero-order valence-electron chi connectivity index (χ0n) is 14.3. The smallest absolute Gasteiger partial charge is 0.322 e. The van der Waals surface area contributed by atoms with Gasteiger partial charge in [-0.1, -0.05) is 6.07 Å². The van der Waals surface area contributed by atoms with Crippen LogP contribution in [0.5, 0.6) is 0 Å². The summed E-state index contributed by atoms with van der Waals surface area (Å²) in [6, 6.07) is 5.21. The van der Waals surface area contributed by atoms with Crippen LogP contribution < -0.4 is 5.32 Å². The molecule has 4 rings (SSSR count). The minimum absolute atomic E-state index is 0.249. The Kier molecular flexibility index (Phi) is 4.41. The van der Waals surface area contributed by atoms with E-state index in [9.17, 15) is 13.2 Å². The van der Waals surface area contributed by atoms with E-state index in [0.717, 1.165) is 24.8 Å². The predicted octanol–water partition coefficient (Wildman–Crippen LogP) is 1.44. The predicted molar refractivity (Wildman–Crippen MR) is 96.4 cm³/mol. The van der Waals surface area contributed by atoms with Crippen LogP contribution in [0.4, 0.5) is 10.5 Å². The van der Waals surface area contributed by atoms with Gasteiger partial charge in [0.2, 0.25) is 10.0 Å². The van der Waals surface area contributed by atoms with E-state index in [2.05, 4.69) is 15.5 Å². The van der Waals surface area contributed by atoms with Crippen LogP contribution in [-0.2, 0) is 22.9 Å². The maximum atomic E-state index is 12.9. The first-order valence-electron chi connectivity index (χ1n) is 8.71. The number of aromatic amines is 1. The molecular formula is C17H21N5O3S. The molecule has 8 nitrogen and oxygen atoms in total. The van der Waals surface area contributed by atoms with E-state index in [1.807, 2.05) is 12.1 Å². The molecule has 0 atom stereocenters. The lowest BCUT2D eigenvalue weighted by Crippen LogP contribution is -2.51. The summed E-state index contributed by atoms with van der Waals surface area (Å²) < 4.78 is 27.3. The number of benzene rings is 1. The molecule has 2 aliphatic rings.